The monoisotopic (exact) mass is 343 g/mol. The van der Waals surface area contributed by atoms with Crippen LogP contribution in [0.25, 0.3) is 10.9 Å². The van der Waals surface area contributed by atoms with Crippen LogP contribution in [0.1, 0.15) is 12.1 Å². The quantitative estimate of drug-likeness (QED) is 0.747. The van der Waals surface area contributed by atoms with Gasteiger partial charge in [-0.1, -0.05) is 35.9 Å². The largest absolute Gasteiger partial charge is 0.493 e. The number of aryl methyl sites for hydroxylation is 1. The average molecular weight is 344 g/mol. The minimum atomic E-state index is -0.0863. The van der Waals surface area contributed by atoms with E-state index in [1.54, 1.807) is 4.68 Å². The minimum absolute atomic E-state index is 0.0863. The van der Waals surface area contributed by atoms with E-state index in [1.807, 2.05) is 55.6 Å². The molecule has 0 aliphatic carbocycles. The van der Waals surface area contributed by atoms with Gasteiger partial charge in [-0.25, -0.2) is 0 Å². The number of para-hydroxylation sites is 1. The van der Waals surface area contributed by atoms with Crippen molar-refractivity contribution in [3.8, 4) is 5.75 Å². The summed E-state index contributed by atoms with van der Waals surface area (Å²) in [5.41, 5.74) is 1.70. The van der Waals surface area contributed by atoms with Crippen LogP contribution in [-0.4, -0.2) is 22.3 Å². The molecule has 1 N–H and O–H groups in total. The van der Waals surface area contributed by atoms with E-state index in [2.05, 4.69) is 10.4 Å². The van der Waals surface area contributed by atoms with Crippen LogP contribution in [0.2, 0.25) is 5.02 Å². The van der Waals surface area contributed by atoms with Crippen molar-refractivity contribution < 1.29 is 9.53 Å². The number of carbonyl (C=O) groups excluding carboxylic acids is 1. The molecular weight excluding hydrogens is 326 g/mol. The Balaban J connectivity index is 1.55. The molecule has 3 rings (SSSR count). The maximum absolute atomic E-state index is 12.0. The van der Waals surface area contributed by atoms with Crippen molar-refractivity contribution in [2.45, 2.75) is 13.0 Å². The van der Waals surface area contributed by atoms with Crippen molar-refractivity contribution in [3.05, 3.63) is 59.2 Å². The van der Waals surface area contributed by atoms with Crippen LogP contribution in [0.3, 0.4) is 0 Å². The van der Waals surface area contributed by atoms with Crippen molar-refractivity contribution >= 4 is 28.4 Å². The molecule has 0 radical (unpaired) electrons. The molecule has 5 nitrogen and oxygen atoms in total. The van der Waals surface area contributed by atoms with Crippen LogP contribution >= 0.6 is 11.6 Å². The Morgan fingerprint density at radius 3 is 2.79 bits per heavy atom. The zero-order valence-corrected chi connectivity index (χ0v) is 14.1. The summed E-state index contributed by atoms with van der Waals surface area (Å²) >= 11 is 6.26. The summed E-state index contributed by atoms with van der Waals surface area (Å²) in [6.07, 6.45) is 0.285. The van der Waals surface area contributed by atoms with Gasteiger partial charge in [0.25, 0.3) is 0 Å². The summed E-state index contributed by atoms with van der Waals surface area (Å²) in [5.74, 6) is 0.671. The number of halogens is 1. The number of ether oxygens (including phenoxy) is 1. The molecule has 0 unspecified atom stereocenters. The zero-order valence-electron chi connectivity index (χ0n) is 13.3. The van der Waals surface area contributed by atoms with Crippen LogP contribution in [0.4, 0.5) is 0 Å². The number of hydrogen-bond donors (Lipinski definition) is 1. The fourth-order valence-corrected chi connectivity index (χ4v) is 2.80. The molecule has 124 valence electrons. The first-order valence-electron chi connectivity index (χ1n) is 7.70. The average Bonchev–Trinajstić information content (AvgIpc) is 2.92. The Hall–Kier alpha value is -2.53. The molecule has 0 saturated carbocycles. The number of nitrogens with one attached hydrogen (secondary N) is 1. The van der Waals surface area contributed by atoms with Crippen LogP contribution in [0.15, 0.2) is 48.5 Å². The summed E-state index contributed by atoms with van der Waals surface area (Å²) < 4.78 is 7.29. The van der Waals surface area contributed by atoms with Gasteiger partial charge in [-0.15, -0.1) is 0 Å². The molecule has 0 fully saturated rings. The lowest BCUT2D eigenvalue weighted by Gasteiger charge is -2.06. The molecule has 0 aliphatic rings. The summed E-state index contributed by atoms with van der Waals surface area (Å²) in [4.78, 5) is 12.0. The van der Waals surface area contributed by atoms with Crippen molar-refractivity contribution in [3.63, 3.8) is 0 Å². The van der Waals surface area contributed by atoms with Crippen LogP contribution < -0.4 is 10.1 Å². The van der Waals surface area contributed by atoms with Crippen molar-refractivity contribution in [2.24, 2.45) is 7.05 Å². The molecule has 0 saturated heterocycles. The lowest BCUT2D eigenvalue weighted by molar-refractivity contribution is -0.121. The number of fused-ring (bicyclic) bond motifs is 1. The van der Waals surface area contributed by atoms with Gasteiger partial charge in [0.05, 0.1) is 35.8 Å². The highest BCUT2D eigenvalue weighted by atomic mass is 35.5. The second-order valence-corrected chi connectivity index (χ2v) is 5.80. The maximum Gasteiger partial charge on any atom is 0.223 e. The fourth-order valence-electron chi connectivity index (χ4n) is 2.53. The number of hydrogen-bond acceptors (Lipinski definition) is 3. The number of aromatic nitrogens is 2. The standard InChI is InChI=1S/C18H18ClN3O2/c1-22-16-9-5-8-14(19)18(16)15(21-22)12-20-17(23)10-11-24-13-6-3-2-4-7-13/h2-9H,10-12H2,1H3,(H,20,23). The number of amides is 1. The SMILES string of the molecule is Cn1nc(CNC(=O)CCOc2ccccc2)c2c(Cl)cccc21. The molecule has 3 aromatic rings. The van der Waals surface area contributed by atoms with Gasteiger partial charge in [0.15, 0.2) is 0 Å². The van der Waals surface area contributed by atoms with E-state index in [-0.39, 0.29) is 12.3 Å². The Morgan fingerprint density at radius 1 is 1.21 bits per heavy atom. The first-order chi connectivity index (χ1) is 11.6. The number of rotatable bonds is 6. The third-order valence-corrected chi connectivity index (χ3v) is 4.01. The van der Waals surface area contributed by atoms with Gasteiger partial charge in [0, 0.05) is 12.4 Å². The Kier molecular flexibility index (Phi) is 5.01. The summed E-state index contributed by atoms with van der Waals surface area (Å²) in [7, 11) is 1.86. The molecule has 0 bridgehead atoms. The van der Waals surface area contributed by atoms with Gasteiger partial charge in [-0.05, 0) is 24.3 Å². The van der Waals surface area contributed by atoms with Crippen molar-refractivity contribution in [2.75, 3.05) is 6.61 Å². The van der Waals surface area contributed by atoms with E-state index < -0.39 is 0 Å². The van der Waals surface area contributed by atoms with E-state index in [9.17, 15) is 4.79 Å². The minimum Gasteiger partial charge on any atom is -0.493 e. The molecule has 6 heteroatoms. The molecule has 0 aliphatic heterocycles. The molecule has 2 aromatic carbocycles. The normalized spacial score (nSPS) is 10.8. The predicted molar refractivity (Wildman–Crippen MR) is 94.1 cm³/mol. The second-order valence-electron chi connectivity index (χ2n) is 5.39. The maximum atomic E-state index is 12.0. The topological polar surface area (TPSA) is 56.2 Å². The van der Waals surface area contributed by atoms with Gasteiger partial charge in [-0.2, -0.15) is 5.10 Å². The summed E-state index contributed by atoms with van der Waals surface area (Å²) in [5, 5.41) is 8.81. The van der Waals surface area contributed by atoms with Gasteiger partial charge in [0.1, 0.15) is 5.75 Å². The number of nitrogens with zero attached hydrogens (tertiary/aromatic N) is 2. The van der Waals surface area contributed by atoms with Gasteiger partial charge in [-0.3, -0.25) is 9.48 Å². The zero-order chi connectivity index (χ0) is 16.9. The molecule has 1 heterocycles. The first-order valence-corrected chi connectivity index (χ1v) is 8.07. The van der Waals surface area contributed by atoms with Gasteiger partial charge in [0.2, 0.25) is 5.91 Å². The van der Waals surface area contributed by atoms with E-state index in [0.717, 1.165) is 22.3 Å². The smallest absolute Gasteiger partial charge is 0.223 e. The highest BCUT2D eigenvalue weighted by molar-refractivity contribution is 6.35. The Morgan fingerprint density at radius 2 is 2.00 bits per heavy atom. The lowest BCUT2D eigenvalue weighted by atomic mass is 10.2. The van der Waals surface area contributed by atoms with Crippen molar-refractivity contribution in [1.82, 2.24) is 15.1 Å². The van der Waals surface area contributed by atoms with Crippen LogP contribution in [0.5, 0.6) is 5.75 Å². The highest BCUT2D eigenvalue weighted by Crippen LogP contribution is 2.26. The van der Waals surface area contributed by atoms with Crippen molar-refractivity contribution in [1.29, 1.82) is 0 Å². The van der Waals surface area contributed by atoms with E-state index >= 15 is 0 Å². The molecule has 24 heavy (non-hydrogen) atoms. The van der Waals surface area contributed by atoms with Gasteiger partial charge >= 0.3 is 0 Å². The van der Waals surface area contributed by atoms with E-state index in [1.165, 1.54) is 0 Å². The van der Waals surface area contributed by atoms with Crippen LogP contribution in [-0.2, 0) is 18.4 Å². The Labute approximate surface area is 145 Å². The molecule has 1 aromatic heterocycles. The predicted octanol–water partition coefficient (Wildman–Crippen LogP) is 3.31. The molecule has 0 spiro atoms. The summed E-state index contributed by atoms with van der Waals surface area (Å²) in [6.45, 7) is 0.671. The number of carbonyl (C=O) groups is 1. The first kappa shape index (κ1) is 16.3. The number of benzene rings is 2. The third kappa shape index (κ3) is 3.68. The van der Waals surface area contributed by atoms with Crippen LogP contribution in [0, 0.1) is 0 Å². The molecule has 0 atom stereocenters. The van der Waals surface area contributed by atoms with Gasteiger partial charge < -0.3 is 10.1 Å². The molecule has 1 amide bonds. The van der Waals surface area contributed by atoms with E-state index in [0.29, 0.717) is 18.2 Å². The fraction of sp³-hybridized carbons (Fsp3) is 0.222. The third-order valence-electron chi connectivity index (χ3n) is 3.69. The summed E-state index contributed by atoms with van der Waals surface area (Å²) in [6, 6.07) is 15.1. The lowest BCUT2D eigenvalue weighted by Crippen LogP contribution is -2.24. The van der Waals surface area contributed by atoms with E-state index in [4.69, 9.17) is 16.3 Å². The highest BCUT2D eigenvalue weighted by Gasteiger charge is 2.12. The Bertz CT molecular complexity index is 846. The second kappa shape index (κ2) is 7.36. The molecular formula is C18H18ClN3O2.